The normalized spacial score (nSPS) is 11.9. The third kappa shape index (κ3) is 4.73. The molecule has 2 heterocycles. The number of ether oxygens (including phenoxy) is 1. The standard InChI is InChI=1S/C34H28N4O4/c1-21-31(33(40)38(37(21)3)24-14-5-4-6-15-24)36-32(39)22(2)42-34(41)28-20-30(35-29-19-10-9-17-27(28)29)26-18-11-13-23-12-7-8-16-25(23)26/h4-20,22H,1-3H3,(H,36,39)/t22-/m1/s1. The van der Waals surface area contributed by atoms with Gasteiger partial charge in [-0.1, -0.05) is 78.9 Å². The zero-order chi connectivity index (χ0) is 29.4. The number of rotatable bonds is 6. The highest BCUT2D eigenvalue weighted by Gasteiger charge is 2.25. The van der Waals surface area contributed by atoms with Crippen LogP contribution in [0, 0.1) is 6.92 Å². The summed E-state index contributed by atoms with van der Waals surface area (Å²) in [7, 11) is 1.74. The van der Waals surface area contributed by atoms with Crippen LogP contribution in [0.5, 0.6) is 0 Å². The fourth-order valence-corrected chi connectivity index (χ4v) is 5.15. The zero-order valence-electron chi connectivity index (χ0n) is 23.4. The Morgan fingerprint density at radius 2 is 1.52 bits per heavy atom. The van der Waals surface area contributed by atoms with Gasteiger partial charge in [-0.3, -0.25) is 14.3 Å². The first-order valence-corrected chi connectivity index (χ1v) is 13.6. The Balaban J connectivity index is 1.30. The summed E-state index contributed by atoms with van der Waals surface area (Å²) in [4.78, 5) is 44.8. The average Bonchev–Trinajstić information content (AvgIpc) is 3.23. The number of pyridine rings is 1. The van der Waals surface area contributed by atoms with Gasteiger partial charge in [0.05, 0.1) is 28.2 Å². The number of fused-ring (bicyclic) bond motifs is 2. The van der Waals surface area contributed by atoms with Gasteiger partial charge in [0.1, 0.15) is 5.69 Å². The smallest absolute Gasteiger partial charge is 0.339 e. The van der Waals surface area contributed by atoms with Crippen LogP contribution in [-0.2, 0) is 16.6 Å². The van der Waals surface area contributed by atoms with Crippen LogP contribution >= 0.6 is 0 Å². The Labute approximate surface area is 241 Å². The Bertz CT molecular complexity index is 2040. The molecular weight excluding hydrogens is 528 g/mol. The van der Waals surface area contributed by atoms with E-state index < -0.39 is 18.0 Å². The summed E-state index contributed by atoms with van der Waals surface area (Å²) >= 11 is 0. The third-order valence-electron chi connectivity index (χ3n) is 7.46. The van der Waals surface area contributed by atoms with Crippen LogP contribution in [0.4, 0.5) is 5.69 Å². The van der Waals surface area contributed by atoms with E-state index in [9.17, 15) is 14.4 Å². The van der Waals surface area contributed by atoms with Gasteiger partial charge in [-0.05, 0) is 48.9 Å². The summed E-state index contributed by atoms with van der Waals surface area (Å²) in [6.07, 6.45) is -1.17. The van der Waals surface area contributed by atoms with Gasteiger partial charge < -0.3 is 10.1 Å². The number of hydrogen-bond donors (Lipinski definition) is 1. The molecule has 4 aromatic carbocycles. The van der Waals surface area contributed by atoms with Crippen molar-refractivity contribution < 1.29 is 14.3 Å². The van der Waals surface area contributed by atoms with Gasteiger partial charge in [0.25, 0.3) is 11.5 Å². The van der Waals surface area contributed by atoms with Crippen LogP contribution in [0.3, 0.4) is 0 Å². The van der Waals surface area contributed by atoms with E-state index in [2.05, 4.69) is 5.32 Å². The lowest BCUT2D eigenvalue weighted by Crippen LogP contribution is -2.32. The molecule has 0 bridgehead atoms. The van der Waals surface area contributed by atoms with Gasteiger partial charge in [-0.15, -0.1) is 0 Å². The predicted molar refractivity (Wildman–Crippen MR) is 164 cm³/mol. The first-order chi connectivity index (χ1) is 20.3. The molecule has 1 N–H and O–H groups in total. The van der Waals surface area contributed by atoms with Crippen molar-refractivity contribution in [2.45, 2.75) is 20.0 Å². The SMILES string of the molecule is Cc1c(NC(=O)[C@@H](C)OC(=O)c2cc(-c3cccc4ccccc34)nc3ccccc23)c(=O)n(-c2ccccc2)n1C. The molecule has 6 aromatic rings. The number of hydrogen-bond acceptors (Lipinski definition) is 5. The molecule has 2 aromatic heterocycles. The topological polar surface area (TPSA) is 95.2 Å². The summed E-state index contributed by atoms with van der Waals surface area (Å²) in [6.45, 7) is 3.22. The number of carbonyl (C=O) groups excluding carboxylic acids is 2. The molecule has 0 unspecified atom stereocenters. The van der Waals surface area contributed by atoms with Gasteiger partial charge in [0, 0.05) is 18.0 Å². The Kier molecular flexibility index (Phi) is 6.88. The summed E-state index contributed by atoms with van der Waals surface area (Å²) in [5.41, 5.74) is 3.41. The second kappa shape index (κ2) is 10.8. The molecule has 1 atom stereocenters. The molecule has 0 aliphatic heterocycles. The number of esters is 1. The van der Waals surface area contributed by atoms with Crippen molar-refractivity contribution in [3.63, 3.8) is 0 Å². The second-order valence-corrected chi connectivity index (χ2v) is 10.1. The summed E-state index contributed by atoms with van der Waals surface area (Å²) < 4.78 is 8.80. The number of benzene rings is 4. The van der Waals surface area contributed by atoms with Crippen molar-refractivity contribution in [3.05, 3.63) is 125 Å². The number of amides is 1. The molecule has 6 rings (SSSR count). The van der Waals surface area contributed by atoms with E-state index in [0.29, 0.717) is 33.5 Å². The lowest BCUT2D eigenvalue weighted by atomic mass is 9.99. The molecule has 208 valence electrons. The van der Waals surface area contributed by atoms with E-state index in [4.69, 9.17) is 9.72 Å². The number of nitrogens with one attached hydrogen (secondary N) is 1. The molecule has 8 nitrogen and oxygen atoms in total. The monoisotopic (exact) mass is 556 g/mol. The summed E-state index contributed by atoms with van der Waals surface area (Å²) in [6, 6.07) is 32.1. The highest BCUT2D eigenvalue weighted by Crippen LogP contribution is 2.31. The summed E-state index contributed by atoms with van der Waals surface area (Å²) in [5, 5.41) is 5.36. The Hall–Kier alpha value is -5.50. The van der Waals surface area contributed by atoms with Crippen molar-refractivity contribution >= 4 is 39.2 Å². The van der Waals surface area contributed by atoms with Gasteiger partial charge >= 0.3 is 5.97 Å². The Morgan fingerprint density at radius 1 is 0.857 bits per heavy atom. The van der Waals surface area contributed by atoms with E-state index in [1.54, 1.807) is 30.8 Å². The molecule has 1 amide bonds. The lowest BCUT2D eigenvalue weighted by molar-refractivity contribution is -0.123. The highest BCUT2D eigenvalue weighted by molar-refractivity contribution is 6.07. The minimum atomic E-state index is -1.17. The molecule has 0 aliphatic carbocycles. The minimum Gasteiger partial charge on any atom is -0.449 e. The lowest BCUT2D eigenvalue weighted by Gasteiger charge is -2.15. The van der Waals surface area contributed by atoms with E-state index in [-0.39, 0.29) is 11.2 Å². The molecule has 0 saturated carbocycles. The fourth-order valence-electron chi connectivity index (χ4n) is 5.15. The molecule has 0 saturated heterocycles. The van der Waals surface area contributed by atoms with Crippen LogP contribution in [0.15, 0.2) is 108 Å². The van der Waals surface area contributed by atoms with Gasteiger partial charge in [0.15, 0.2) is 6.10 Å². The zero-order valence-corrected chi connectivity index (χ0v) is 23.4. The third-order valence-corrected chi connectivity index (χ3v) is 7.46. The number of carbonyl (C=O) groups is 2. The van der Waals surface area contributed by atoms with Crippen molar-refractivity contribution in [1.82, 2.24) is 14.3 Å². The molecule has 0 spiro atoms. The minimum absolute atomic E-state index is 0.127. The van der Waals surface area contributed by atoms with Crippen LogP contribution < -0.4 is 10.9 Å². The van der Waals surface area contributed by atoms with Gasteiger partial charge in [0.2, 0.25) is 0 Å². The van der Waals surface area contributed by atoms with Crippen LogP contribution in [0.2, 0.25) is 0 Å². The highest BCUT2D eigenvalue weighted by atomic mass is 16.5. The van der Waals surface area contributed by atoms with E-state index in [1.807, 2.05) is 91.0 Å². The average molecular weight is 557 g/mol. The maximum absolute atomic E-state index is 13.6. The molecule has 42 heavy (non-hydrogen) atoms. The molecule has 0 fully saturated rings. The van der Waals surface area contributed by atoms with E-state index >= 15 is 0 Å². The number of aromatic nitrogens is 3. The maximum atomic E-state index is 13.6. The summed E-state index contributed by atoms with van der Waals surface area (Å²) in [5.74, 6) is -1.27. The maximum Gasteiger partial charge on any atom is 0.339 e. The molecule has 8 heteroatoms. The molecular formula is C34H28N4O4. The predicted octanol–water partition coefficient (Wildman–Crippen LogP) is 6.04. The molecule has 0 radical (unpaired) electrons. The number of para-hydroxylation sites is 2. The first kappa shape index (κ1) is 26.7. The fraction of sp³-hybridized carbons (Fsp3) is 0.118. The molecule has 0 aliphatic rings. The van der Waals surface area contributed by atoms with Crippen LogP contribution in [-0.4, -0.2) is 32.3 Å². The van der Waals surface area contributed by atoms with Crippen molar-refractivity contribution in [2.24, 2.45) is 7.05 Å². The van der Waals surface area contributed by atoms with Crippen LogP contribution in [0.1, 0.15) is 23.0 Å². The van der Waals surface area contributed by atoms with Crippen molar-refractivity contribution in [3.8, 4) is 16.9 Å². The van der Waals surface area contributed by atoms with Gasteiger partial charge in [-0.25, -0.2) is 14.5 Å². The largest absolute Gasteiger partial charge is 0.449 e. The second-order valence-electron chi connectivity index (χ2n) is 10.1. The Morgan fingerprint density at radius 3 is 2.31 bits per heavy atom. The quantitative estimate of drug-likeness (QED) is 0.253. The van der Waals surface area contributed by atoms with Crippen molar-refractivity contribution in [2.75, 3.05) is 5.32 Å². The van der Waals surface area contributed by atoms with E-state index in [1.165, 1.54) is 11.6 Å². The number of nitrogens with zero attached hydrogens (tertiary/aromatic N) is 3. The van der Waals surface area contributed by atoms with Crippen molar-refractivity contribution in [1.29, 1.82) is 0 Å². The first-order valence-electron chi connectivity index (χ1n) is 13.6. The van der Waals surface area contributed by atoms with E-state index in [0.717, 1.165) is 16.3 Å². The number of anilines is 1. The van der Waals surface area contributed by atoms with Crippen LogP contribution in [0.25, 0.3) is 38.6 Å². The van der Waals surface area contributed by atoms with Gasteiger partial charge in [-0.2, -0.15) is 0 Å².